The summed E-state index contributed by atoms with van der Waals surface area (Å²) in [6, 6.07) is 4.65. The van der Waals surface area contributed by atoms with Gasteiger partial charge in [0, 0.05) is 17.1 Å². The predicted molar refractivity (Wildman–Crippen MR) is 98.6 cm³/mol. The van der Waals surface area contributed by atoms with Crippen LogP contribution in [-0.4, -0.2) is 56.2 Å². The Balaban J connectivity index is 2.08. The van der Waals surface area contributed by atoms with Gasteiger partial charge in [0.25, 0.3) is 5.91 Å². The van der Waals surface area contributed by atoms with E-state index in [0.717, 1.165) is 4.47 Å². The lowest BCUT2D eigenvalue weighted by atomic mass is 10.1. The van der Waals surface area contributed by atoms with Crippen LogP contribution in [0.1, 0.15) is 30.6 Å². The number of carbonyl (C=O) groups is 2. The number of sulfone groups is 1. The zero-order chi connectivity index (χ0) is 18.6. The number of hydrogen-bond donors (Lipinski definition) is 0. The Labute approximate surface area is 156 Å². The van der Waals surface area contributed by atoms with Gasteiger partial charge in [-0.3, -0.25) is 9.59 Å². The van der Waals surface area contributed by atoms with Crippen molar-refractivity contribution in [3.63, 3.8) is 0 Å². The van der Waals surface area contributed by atoms with Crippen molar-refractivity contribution in [3.8, 4) is 5.75 Å². The van der Waals surface area contributed by atoms with Crippen LogP contribution in [0.15, 0.2) is 22.7 Å². The molecule has 2 rings (SSSR count). The van der Waals surface area contributed by atoms with Crippen molar-refractivity contribution in [1.29, 1.82) is 0 Å². The minimum Gasteiger partial charge on any atom is -0.483 e. The number of benzene rings is 1. The van der Waals surface area contributed by atoms with Crippen molar-refractivity contribution in [1.82, 2.24) is 4.90 Å². The molecule has 1 aliphatic rings. The minimum absolute atomic E-state index is 0.00331. The molecule has 1 aliphatic heterocycles. The molecule has 8 heteroatoms. The summed E-state index contributed by atoms with van der Waals surface area (Å²) in [7, 11) is -3.08. The third-order valence-electron chi connectivity index (χ3n) is 3.98. The van der Waals surface area contributed by atoms with Crippen molar-refractivity contribution in [2.75, 3.05) is 24.7 Å². The fourth-order valence-electron chi connectivity index (χ4n) is 2.83. The predicted octanol–water partition coefficient (Wildman–Crippen LogP) is 2.31. The van der Waals surface area contributed by atoms with Crippen LogP contribution < -0.4 is 4.74 Å². The second-order valence-corrected chi connectivity index (χ2v) is 9.73. The number of ether oxygens (including phenoxy) is 1. The van der Waals surface area contributed by atoms with Gasteiger partial charge in [-0.1, -0.05) is 29.8 Å². The van der Waals surface area contributed by atoms with E-state index >= 15 is 0 Å². The first kappa shape index (κ1) is 19.9. The van der Waals surface area contributed by atoms with Gasteiger partial charge in [0.2, 0.25) is 0 Å². The van der Waals surface area contributed by atoms with E-state index in [1.807, 2.05) is 13.8 Å². The van der Waals surface area contributed by atoms with Crippen molar-refractivity contribution in [2.24, 2.45) is 5.92 Å². The third kappa shape index (κ3) is 5.54. The van der Waals surface area contributed by atoms with E-state index in [1.54, 1.807) is 23.1 Å². The summed E-state index contributed by atoms with van der Waals surface area (Å²) in [6.45, 7) is 4.20. The SMILES string of the molecule is CC(C)CN(C(=O)COc1ccc(Br)cc1C=O)[C@H]1CCS(=O)(=O)C1. The van der Waals surface area contributed by atoms with Crippen LogP contribution in [0, 0.1) is 5.92 Å². The molecule has 1 aromatic rings. The van der Waals surface area contributed by atoms with E-state index in [2.05, 4.69) is 15.9 Å². The van der Waals surface area contributed by atoms with Gasteiger partial charge in [0.05, 0.1) is 17.1 Å². The molecule has 25 heavy (non-hydrogen) atoms. The molecule has 138 valence electrons. The minimum atomic E-state index is -3.08. The molecule has 0 spiro atoms. The van der Waals surface area contributed by atoms with Crippen LogP contribution in [0.2, 0.25) is 0 Å². The number of halogens is 1. The van der Waals surface area contributed by atoms with Crippen LogP contribution in [-0.2, 0) is 14.6 Å². The maximum Gasteiger partial charge on any atom is 0.260 e. The van der Waals surface area contributed by atoms with E-state index in [4.69, 9.17) is 4.74 Å². The van der Waals surface area contributed by atoms with Crippen LogP contribution in [0.25, 0.3) is 0 Å². The molecule has 1 atom stereocenters. The molecular formula is C17H22BrNO5S. The van der Waals surface area contributed by atoms with Gasteiger partial charge in [0.1, 0.15) is 5.75 Å². The van der Waals surface area contributed by atoms with Gasteiger partial charge in [0.15, 0.2) is 22.7 Å². The summed E-state index contributed by atoms with van der Waals surface area (Å²) < 4.78 is 29.7. The second-order valence-electron chi connectivity index (χ2n) is 6.59. The largest absolute Gasteiger partial charge is 0.483 e. The van der Waals surface area contributed by atoms with Crippen LogP contribution in [0.3, 0.4) is 0 Å². The molecule has 6 nitrogen and oxygen atoms in total. The number of aldehydes is 1. The first-order valence-corrected chi connectivity index (χ1v) is 10.7. The molecule has 0 aliphatic carbocycles. The standard InChI is InChI=1S/C17H22BrNO5S/c1-12(2)8-19(15-5-6-25(22,23)11-15)17(21)10-24-16-4-3-14(18)7-13(16)9-20/h3-4,7,9,12,15H,5-6,8,10-11H2,1-2H3/t15-/m0/s1. The highest BCUT2D eigenvalue weighted by Gasteiger charge is 2.35. The fraction of sp³-hybridized carbons (Fsp3) is 0.529. The Morgan fingerprint density at radius 3 is 2.72 bits per heavy atom. The van der Waals surface area contributed by atoms with Gasteiger partial charge in [-0.15, -0.1) is 0 Å². The Morgan fingerprint density at radius 2 is 2.16 bits per heavy atom. The maximum atomic E-state index is 12.6. The topological polar surface area (TPSA) is 80.8 Å². The maximum absolute atomic E-state index is 12.6. The average molecular weight is 432 g/mol. The summed E-state index contributed by atoms with van der Waals surface area (Å²) in [6.07, 6.45) is 1.12. The van der Waals surface area contributed by atoms with Crippen LogP contribution in [0.5, 0.6) is 5.75 Å². The summed E-state index contributed by atoms with van der Waals surface area (Å²) >= 11 is 3.28. The number of rotatable bonds is 7. The molecule has 0 N–H and O–H groups in total. The van der Waals surface area contributed by atoms with Crippen LogP contribution >= 0.6 is 15.9 Å². The molecule has 1 saturated heterocycles. The smallest absolute Gasteiger partial charge is 0.260 e. The van der Waals surface area contributed by atoms with Crippen LogP contribution in [0.4, 0.5) is 0 Å². The van der Waals surface area contributed by atoms with E-state index in [-0.39, 0.29) is 36.0 Å². The quantitative estimate of drug-likeness (QED) is 0.618. The summed E-state index contributed by atoms with van der Waals surface area (Å²) in [5.74, 6) is 0.391. The monoisotopic (exact) mass is 431 g/mol. The van der Waals surface area contributed by atoms with Gasteiger partial charge >= 0.3 is 0 Å². The zero-order valence-corrected chi connectivity index (χ0v) is 16.7. The van der Waals surface area contributed by atoms with Crippen molar-refractivity contribution >= 4 is 38.0 Å². The van der Waals surface area contributed by atoms with E-state index in [0.29, 0.717) is 30.6 Å². The lowest BCUT2D eigenvalue weighted by molar-refractivity contribution is -0.135. The van der Waals surface area contributed by atoms with Gasteiger partial charge < -0.3 is 9.64 Å². The lowest BCUT2D eigenvalue weighted by Crippen LogP contribution is -2.45. The number of nitrogens with zero attached hydrogens (tertiary/aromatic N) is 1. The highest BCUT2D eigenvalue weighted by Crippen LogP contribution is 2.23. The molecular weight excluding hydrogens is 410 g/mol. The number of hydrogen-bond acceptors (Lipinski definition) is 5. The molecule has 1 heterocycles. The average Bonchev–Trinajstić information content (AvgIpc) is 2.90. The van der Waals surface area contributed by atoms with E-state index < -0.39 is 9.84 Å². The molecule has 1 amide bonds. The highest BCUT2D eigenvalue weighted by molar-refractivity contribution is 9.10. The van der Waals surface area contributed by atoms with Crippen molar-refractivity contribution in [2.45, 2.75) is 26.3 Å². The van der Waals surface area contributed by atoms with Crippen molar-refractivity contribution in [3.05, 3.63) is 28.2 Å². The first-order valence-electron chi connectivity index (χ1n) is 8.09. The normalized spacial score (nSPS) is 19.0. The number of amides is 1. The third-order valence-corrected chi connectivity index (χ3v) is 6.22. The highest BCUT2D eigenvalue weighted by atomic mass is 79.9. The second kappa shape index (κ2) is 8.31. The molecule has 0 radical (unpaired) electrons. The van der Waals surface area contributed by atoms with Gasteiger partial charge in [-0.25, -0.2) is 8.42 Å². The van der Waals surface area contributed by atoms with Gasteiger partial charge in [-0.05, 0) is 30.5 Å². The lowest BCUT2D eigenvalue weighted by Gasteiger charge is -2.30. The molecule has 1 aromatic carbocycles. The molecule has 0 aromatic heterocycles. The first-order chi connectivity index (χ1) is 11.7. The summed E-state index contributed by atoms with van der Waals surface area (Å²) in [4.78, 5) is 25.4. The Bertz CT molecular complexity index is 747. The molecule has 1 fully saturated rings. The Kier molecular flexibility index (Phi) is 6.62. The molecule has 0 saturated carbocycles. The van der Waals surface area contributed by atoms with E-state index in [9.17, 15) is 18.0 Å². The Morgan fingerprint density at radius 1 is 1.44 bits per heavy atom. The molecule has 0 bridgehead atoms. The number of carbonyl (C=O) groups excluding carboxylic acids is 2. The van der Waals surface area contributed by atoms with Crippen molar-refractivity contribution < 1.29 is 22.7 Å². The fourth-order valence-corrected chi connectivity index (χ4v) is 4.94. The summed E-state index contributed by atoms with van der Waals surface area (Å²) in [5.41, 5.74) is 0.348. The van der Waals surface area contributed by atoms with Gasteiger partial charge in [-0.2, -0.15) is 0 Å². The van der Waals surface area contributed by atoms with E-state index in [1.165, 1.54) is 0 Å². The molecule has 0 unspecified atom stereocenters. The Hall–Kier alpha value is -1.41. The zero-order valence-electron chi connectivity index (χ0n) is 14.3. The summed E-state index contributed by atoms with van der Waals surface area (Å²) in [5, 5.41) is 0.